The minimum Gasteiger partial charge on any atom is -0.367 e. The molecule has 1 aliphatic heterocycles. The number of nitrogens with zero attached hydrogens (tertiary/aromatic N) is 2. The number of carbonyl (C=O) groups excluding carboxylic acids is 1. The molecular weight excluding hydrogens is 206 g/mol. The van der Waals surface area contributed by atoms with Gasteiger partial charge in [-0.2, -0.15) is 0 Å². The average molecular weight is 215 g/mol. The molecule has 0 aromatic carbocycles. The van der Waals surface area contributed by atoms with E-state index in [2.05, 4.69) is 20.6 Å². The summed E-state index contributed by atoms with van der Waals surface area (Å²) in [6.07, 6.45) is 1.69. The zero-order valence-electron chi connectivity index (χ0n) is 8.32. The summed E-state index contributed by atoms with van der Waals surface area (Å²) < 4.78 is 0. The fourth-order valence-corrected chi connectivity index (χ4v) is 1.80. The Balaban J connectivity index is 2.39. The van der Waals surface area contributed by atoms with Crippen molar-refractivity contribution < 1.29 is 4.79 Å². The predicted octanol–water partition coefficient (Wildman–Crippen LogP) is 0.524. The molecule has 2 aromatic heterocycles. The van der Waals surface area contributed by atoms with Gasteiger partial charge in [-0.1, -0.05) is 0 Å². The lowest BCUT2D eigenvalue weighted by Gasteiger charge is -2.19. The first-order valence-electron chi connectivity index (χ1n) is 4.83. The van der Waals surface area contributed by atoms with E-state index in [0.29, 0.717) is 18.0 Å². The lowest BCUT2D eigenvalue weighted by Crippen LogP contribution is -2.21. The minimum absolute atomic E-state index is 0.224. The van der Waals surface area contributed by atoms with Crippen LogP contribution < -0.4 is 16.4 Å². The zero-order chi connectivity index (χ0) is 11.1. The Morgan fingerprint density at radius 1 is 1.44 bits per heavy atom. The Labute approximate surface area is 90.9 Å². The van der Waals surface area contributed by atoms with Crippen molar-refractivity contribution in [1.82, 2.24) is 9.97 Å². The van der Waals surface area contributed by atoms with Gasteiger partial charge in [0.05, 0.1) is 23.3 Å². The summed E-state index contributed by atoms with van der Waals surface area (Å²) in [7, 11) is 0. The van der Waals surface area contributed by atoms with E-state index in [-0.39, 0.29) is 5.69 Å². The van der Waals surface area contributed by atoms with Crippen LogP contribution in [0.4, 0.5) is 11.5 Å². The maximum absolute atomic E-state index is 11.1. The molecular formula is C10H9N5O. The monoisotopic (exact) mass is 215 g/mol. The Kier molecular flexibility index (Phi) is 1.70. The maximum Gasteiger partial charge on any atom is 0.267 e. The van der Waals surface area contributed by atoms with Gasteiger partial charge in [-0.05, 0) is 12.1 Å². The van der Waals surface area contributed by atoms with E-state index < -0.39 is 5.91 Å². The van der Waals surface area contributed by atoms with E-state index in [1.807, 2.05) is 6.07 Å². The number of rotatable bonds is 1. The maximum atomic E-state index is 11.1. The SMILES string of the molecule is NC(=O)c1cc2nccc3c2c(n1)NCN3. The predicted molar refractivity (Wildman–Crippen MR) is 60.2 cm³/mol. The molecule has 1 aliphatic rings. The van der Waals surface area contributed by atoms with Gasteiger partial charge in [-0.15, -0.1) is 0 Å². The van der Waals surface area contributed by atoms with Gasteiger partial charge < -0.3 is 16.4 Å². The minimum atomic E-state index is -0.550. The number of pyridine rings is 2. The van der Waals surface area contributed by atoms with E-state index in [4.69, 9.17) is 5.73 Å². The van der Waals surface area contributed by atoms with Crippen LogP contribution >= 0.6 is 0 Å². The highest BCUT2D eigenvalue weighted by Crippen LogP contribution is 2.30. The Morgan fingerprint density at radius 3 is 3.12 bits per heavy atom. The summed E-state index contributed by atoms with van der Waals surface area (Å²) in [5.74, 6) is 0.0961. The molecule has 4 N–H and O–H groups in total. The number of anilines is 2. The molecule has 2 aromatic rings. The second-order valence-corrected chi connectivity index (χ2v) is 3.50. The molecule has 0 fully saturated rings. The van der Waals surface area contributed by atoms with Crippen molar-refractivity contribution >= 4 is 28.3 Å². The Bertz CT molecular complexity index is 595. The first kappa shape index (κ1) is 8.90. The van der Waals surface area contributed by atoms with E-state index in [1.54, 1.807) is 12.3 Å². The fourth-order valence-electron chi connectivity index (χ4n) is 1.80. The average Bonchev–Trinajstić information content (AvgIpc) is 2.29. The van der Waals surface area contributed by atoms with E-state index in [0.717, 1.165) is 11.1 Å². The van der Waals surface area contributed by atoms with Crippen molar-refractivity contribution in [2.75, 3.05) is 17.3 Å². The van der Waals surface area contributed by atoms with Gasteiger partial charge in [0, 0.05) is 6.20 Å². The molecule has 6 nitrogen and oxygen atoms in total. The highest BCUT2D eigenvalue weighted by molar-refractivity contribution is 6.04. The van der Waals surface area contributed by atoms with Crippen LogP contribution in [0, 0.1) is 0 Å². The smallest absolute Gasteiger partial charge is 0.267 e. The molecule has 0 saturated heterocycles. The number of hydrogen-bond donors (Lipinski definition) is 3. The quantitative estimate of drug-likeness (QED) is 0.645. The lowest BCUT2D eigenvalue weighted by molar-refractivity contribution is 0.0996. The first-order valence-corrected chi connectivity index (χ1v) is 4.83. The Morgan fingerprint density at radius 2 is 2.31 bits per heavy atom. The van der Waals surface area contributed by atoms with Crippen LogP contribution in [0.3, 0.4) is 0 Å². The third-order valence-corrected chi connectivity index (χ3v) is 2.51. The van der Waals surface area contributed by atoms with Crippen LogP contribution in [0.25, 0.3) is 10.9 Å². The largest absolute Gasteiger partial charge is 0.367 e. The van der Waals surface area contributed by atoms with Crippen molar-refractivity contribution in [2.24, 2.45) is 5.73 Å². The summed E-state index contributed by atoms with van der Waals surface area (Å²) >= 11 is 0. The molecule has 3 heterocycles. The third kappa shape index (κ3) is 1.16. The summed E-state index contributed by atoms with van der Waals surface area (Å²) in [5.41, 5.74) is 7.10. The van der Waals surface area contributed by atoms with Gasteiger partial charge in [0.1, 0.15) is 11.5 Å². The Hall–Kier alpha value is -2.37. The van der Waals surface area contributed by atoms with Crippen LogP contribution in [0.5, 0.6) is 0 Å². The van der Waals surface area contributed by atoms with Gasteiger partial charge in [-0.25, -0.2) is 4.98 Å². The molecule has 0 saturated carbocycles. The van der Waals surface area contributed by atoms with Crippen LogP contribution in [0.2, 0.25) is 0 Å². The summed E-state index contributed by atoms with van der Waals surface area (Å²) in [6.45, 7) is 0.571. The number of nitrogens with two attached hydrogens (primary N) is 1. The van der Waals surface area contributed by atoms with Crippen molar-refractivity contribution in [3.63, 3.8) is 0 Å². The van der Waals surface area contributed by atoms with Crippen LogP contribution in [0.15, 0.2) is 18.3 Å². The third-order valence-electron chi connectivity index (χ3n) is 2.51. The van der Waals surface area contributed by atoms with Crippen LogP contribution in [0.1, 0.15) is 10.5 Å². The summed E-state index contributed by atoms with van der Waals surface area (Å²) in [6, 6.07) is 3.47. The van der Waals surface area contributed by atoms with Crippen molar-refractivity contribution in [1.29, 1.82) is 0 Å². The van der Waals surface area contributed by atoms with Gasteiger partial charge in [-0.3, -0.25) is 9.78 Å². The number of amides is 1. The van der Waals surface area contributed by atoms with Crippen LogP contribution in [-0.4, -0.2) is 22.5 Å². The molecule has 0 spiro atoms. The molecule has 1 amide bonds. The topological polar surface area (TPSA) is 92.9 Å². The molecule has 0 atom stereocenters. The molecule has 0 unspecified atom stereocenters. The van der Waals surface area contributed by atoms with Crippen molar-refractivity contribution in [3.8, 4) is 0 Å². The molecule has 0 bridgehead atoms. The van der Waals surface area contributed by atoms with E-state index >= 15 is 0 Å². The molecule has 0 aliphatic carbocycles. The van der Waals surface area contributed by atoms with Crippen molar-refractivity contribution in [2.45, 2.75) is 0 Å². The fraction of sp³-hybridized carbons (Fsp3) is 0.100. The zero-order valence-corrected chi connectivity index (χ0v) is 8.32. The number of primary amides is 1. The molecule has 80 valence electrons. The van der Waals surface area contributed by atoms with Gasteiger partial charge in [0.2, 0.25) is 0 Å². The van der Waals surface area contributed by atoms with Gasteiger partial charge >= 0.3 is 0 Å². The number of aromatic nitrogens is 2. The number of carbonyl (C=O) groups is 1. The number of nitrogens with one attached hydrogen (secondary N) is 2. The lowest BCUT2D eigenvalue weighted by atomic mass is 10.1. The molecule has 3 rings (SSSR count). The summed E-state index contributed by atoms with van der Waals surface area (Å²) in [4.78, 5) is 19.5. The van der Waals surface area contributed by atoms with Gasteiger partial charge in [0.15, 0.2) is 0 Å². The second kappa shape index (κ2) is 3.06. The van der Waals surface area contributed by atoms with Crippen LogP contribution in [-0.2, 0) is 0 Å². The van der Waals surface area contributed by atoms with E-state index in [9.17, 15) is 4.79 Å². The standard InChI is InChI=1S/C10H9N5O/c11-9(16)7-3-6-8-5(1-2-12-6)13-4-14-10(8)15-7/h1-3,13H,4H2,(H2,11,16)(H,14,15). The molecule has 16 heavy (non-hydrogen) atoms. The first-order chi connectivity index (χ1) is 7.75. The molecule has 6 heteroatoms. The van der Waals surface area contributed by atoms with Crippen molar-refractivity contribution in [3.05, 3.63) is 24.0 Å². The summed E-state index contributed by atoms with van der Waals surface area (Å²) in [5, 5.41) is 7.11. The highest BCUT2D eigenvalue weighted by atomic mass is 16.1. The highest BCUT2D eigenvalue weighted by Gasteiger charge is 2.16. The number of hydrogen-bond acceptors (Lipinski definition) is 5. The van der Waals surface area contributed by atoms with E-state index in [1.165, 1.54) is 0 Å². The van der Waals surface area contributed by atoms with Gasteiger partial charge in [0.25, 0.3) is 5.91 Å². The normalized spacial score (nSPS) is 13.0. The molecule has 0 radical (unpaired) electrons. The second-order valence-electron chi connectivity index (χ2n) is 3.50.